The monoisotopic (exact) mass is 253 g/mol. The van der Waals surface area contributed by atoms with Crippen LogP contribution in [0.1, 0.15) is 30.9 Å². The Bertz CT molecular complexity index is 480. The van der Waals surface area contributed by atoms with Crippen molar-refractivity contribution in [2.24, 2.45) is 5.73 Å². The van der Waals surface area contributed by atoms with Crippen LogP contribution in [0.25, 0.3) is 0 Å². The topological polar surface area (TPSA) is 60.2 Å². The molecular weight excluding hydrogens is 234 g/mol. The fraction of sp³-hybridized carbons (Fsp3) is 0.385. The third-order valence-electron chi connectivity index (χ3n) is 2.64. The minimum atomic E-state index is -3.16. The van der Waals surface area contributed by atoms with Crippen LogP contribution < -0.4 is 5.73 Å². The molecule has 0 heterocycles. The molecule has 1 aromatic rings. The highest BCUT2D eigenvalue weighted by atomic mass is 32.2. The first-order valence-electron chi connectivity index (χ1n) is 5.61. The molecule has 17 heavy (non-hydrogen) atoms. The first kappa shape index (κ1) is 13.9. The Balaban J connectivity index is 2.81. The van der Waals surface area contributed by atoms with Gasteiger partial charge in [-0.1, -0.05) is 18.2 Å². The predicted molar refractivity (Wildman–Crippen MR) is 70.5 cm³/mol. The molecule has 0 aromatic heterocycles. The van der Waals surface area contributed by atoms with Crippen LogP contribution in [0.15, 0.2) is 41.8 Å². The highest BCUT2D eigenvalue weighted by Crippen LogP contribution is 2.20. The standard InChI is InChI=1S/C13H19NO2S/c1-3-4-5-9-13(14)11-7-6-8-12(10-11)17(2,15)16/h3,6-8,10,13H,1,4-5,9,14H2,2H3. The van der Waals surface area contributed by atoms with E-state index in [2.05, 4.69) is 6.58 Å². The molecule has 0 radical (unpaired) electrons. The molecule has 4 heteroatoms. The Labute approximate surface area is 103 Å². The predicted octanol–water partition coefficient (Wildman–Crippen LogP) is 2.45. The Kier molecular flexibility index (Phi) is 4.90. The molecule has 1 aromatic carbocycles. The fourth-order valence-electron chi connectivity index (χ4n) is 1.62. The van der Waals surface area contributed by atoms with E-state index in [1.54, 1.807) is 18.2 Å². The van der Waals surface area contributed by atoms with Gasteiger partial charge in [0.1, 0.15) is 0 Å². The summed E-state index contributed by atoms with van der Waals surface area (Å²) in [5, 5.41) is 0. The second-order valence-corrected chi connectivity index (χ2v) is 6.19. The normalized spacial score (nSPS) is 13.3. The summed E-state index contributed by atoms with van der Waals surface area (Å²) in [5.74, 6) is 0. The molecule has 0 saturated carbocycles. The molecule has 0 fully saturated rings. The zero-order valence-electron chi connectivity index (χ0n) is 10.1. The molecule has 1 unspecified atom stereocenters. The van der Waals surface area contributed by atoms with E-state index in [0.717, 1.165) is 24.8 Å². The Morgan fingerprint density at radius 1 is 1.47 bits per heavy atom. The van der Waals surface area contributed by atoms with Crippen LogP contribution in [-0.4, -0.2) is 14.7 Å². The van der Waals surface area contributed by atoms with Crippen LogP contribution in [0.3, 0.4) is 0 Å². The molecule has 0 saturated heterocycles. The lowest BCUT2D eigenvalue weighted by molar-refractivity contribution is 0.599. The van der Waals surface area contributed by atoms with E-state index >= 15 is 0 Å². The van der Waals surface area contributed by atoms with Crippen molar-refractivity contribution in [3.63, 3.8) is 0 Å². The highest BCUT2D eigenvalue weighted by molar-refractivity contribution is 7.90. The molecule has 0 bridgehead atoms. The summed E-state index contributed by atoms with van der Waals surface area (Å²) in [6.07, 6.45) is 5.79. The third kappa shape index (κ3) is 4.32. The first-order valence-corrected chi connectivity index (χ1v) is 7.51. The number of hydrogen-bond donors (Lipinski definition) is 1. The average Bonchev–Trinajstić information content (AvgIpc) is 2.28. The second-order valence-electron chi connectivity index (χ2n) is 4.17. The Morgan fingerprint density at radius 2 is 2.18 bits per heavy atom. The zero-order chi connectivity index (χ0) is 12.9. The number of unbranched alkanes of at least 4 members (excludes halogenated alkanes) is 1. The second kappa shape index (κ2) is 5.98. The molecule has 0 amide bonds. The van der Waals surface area contributed by atoms with Gasteiger partial charge in [0.25, 0.3) is 0 Å². The molecule has 3 nitrogen and oxygen atoms in total. The molecular formula is C13H19NO2S. The highest BCUT2D eigenvalue weighted by Gasteiger charge is 2.10. The number of hydrogen-bond acceptors (Lipinski definition) is 3. The van der Waals surface area contributed by atoms with Gasteiger partial charge in [0.2, 0.25) is 0 Å². The van der Waals surface area contributed by atoms with Crippen LogP contribution >= 0.6 is 0 Å². The van der Waals surface area contributed by atoms with Gasteiger partial charge in [-0.2, -0.15) is 0 Å². The first-order chi connectivity index (χ1) is 7.95. The quantitative estimate of drug-likeness (QED) is 0.625. The number of allylic oxidation sites excluding steroid dienone is 1. The average molecular weight is 253 g/mol. The Hall–Kier alpha value is -1.13. The number of nitrogens with two attached hydrogens (primary N) is 1. The SMILES string of the molecule is C=CCCCC(N)c1cccc(S(C)(=O)=O)c1. The maximum absolute atomic E-state index is 11.4. The van der Waals surface area contributed by atoms with Gasteiger partial charge in [0, 0.05) is 12.3 Å². The van der Waals surface area contributed by atoms with E-state index in [1.165, 1.54) is 6.26 Å². The maximum atomic E-state index is 11.4. The number of benzene rings is 1. The molecule has 0 aliphatic rings. The van der Waals surface area contributed by atoms with Crippen LogP contribution in [0.5, 0.6) is 0 Å². The lowest BCUT2D eigenvalue weighted by atomic mass is 10.0. The van der Waals surface area contributed by atoms with Crippen molar-refractivity contribution < 1.29 is 8.42 Å². The molecule has 1 atom stereocenters. The van der Waals surface area contributed by atoms with Crippen LogP contribution in [0.2, 0.25) is 0 Å². The maximum Gasteiger partial charge on any atom is 0.175 e. The summed E-state index contributed by atoms with van der Waals surface area (Å²) >= 11 is 0. The summed E-state index contributed by atoms with van der Waals surface area (Å²) < 4.78 is 22.8. The van der Waals surface area contributed by atoms with Crippen molar-refractivity contribution in [1.82, 2.24) is 0 Å². The molecule has 0 aliphatic carbocycles. The van der Waals surface area contributed by atoms with Gasteiger partial charge in [-0.25, -0.2) is 8.42 Å². The summed E-state index contributed by atoms with van der Waals surface area (Å²) in [6, 6.07) is 6.74. The van der Waals surface area contributed by atoms with Gasteiger partial charge in [0.05, 0.1) is 4.90 Å². The number of rotatable bonds is 6. The van der Waals surface area contributed by atoms with Gasteiger partial charge in [-0.3, -0.25) is 0 Å². The zero-order valence-corrected chi connectivity index (χ0v) is 10.9. The fourth-order valence-corrected chi connectivity index (χ4v) is 2.30. The largest absolute Gasteiger partial charge is 0.324 e. The number of sulfone groups is 1. The van der Waals surface area contributed by atoms with E-state index < -0.39 is 9.84 Å². The molecule has 0 spiro atoms. The smallest absolute Gasteiger partial charge is 0.175 e. The van der Waals surface area contributed by atoms with Gasteiger partial charge in [0.15, 0.2) is 9.84 Å². The molecule has 2 N–H and O–H groups in total. The minimum Gasteiger partial charge on any atom is -0.324 e. The van der Waals surface area contributed by atoms with Crippen molar-refractivity contribution in [2.45, 2.75) is 30.2 Å². The van der Waals surface area contributed by atoms with Crippen LogP contribution in [0.4, 0.5) is 0 Å². The van der Waals surface area contributed by atoms with Crippen molar-refractivity contribution >= 4 is 9.84 Å². The van der Waals surface area contributed by atoms with E-state index in [0.29, 0.717) is 4.90 Å². The molecule has 0 aliphatic heterocycles. The van der Waals surface area contributed by atoms with E-state index in [4.69, 9.17) is 5.73 Å². The minimum absolute atomic E-state index is 0.114. The van der Waals surface area contributed by atoms with E-state index in [9.17, 15) is 8.42 Å². The lowest BCUT2D eigenvalue weighted by Crippen LogP contribution is -2.11. The van der Waals surface area contributed by atoms with Crippen molar-refractivity contribution in [1.29, 1.82) is 0 Å². The molecule has 94 valence electrons. The van der Waals surface area contributed by atoms with Crippen molar-refractivity contribution in [2.75, 3.05) is 6.26 Å². The van der Waals surface area contributed by atoms with E-state index in [-0.39, 0.29) is 6.04 Å². The Morgan fingerprint density at radius 3 is 2.76 bits per heavy atom. The van der Waals surface area contributed by atoms with E-state index in [1.807, 2.05) is 12.1 Å². The van der Waals surface area contributed by atoms with Crippen LogP contribution in [-0.2, 0) is 9.84 Å². The summed E-state index contributed by atoms with van der Waals surface area (Å²) in [7, 11) is -3.16. The van der Waals surface area contributed by atoms with Crippen LogP contribution in [0, 0.1) is 0 Å². The molecule has 1 rings (SSSR count). The van der Waals surface area contributed by atoms with Gasteiger partial charge >= 0.3 is 0 Å². The van der Waals surface area contributed by atoms with Crippen molar-refractivity contribution in [3.05, 3.63) is 42.5 Å². The van der Waals surface area contributed by atoms with Gasteiger partial charge in [-0.15, -0.1) is 6.58 Å². The summed E-state index contributed by atoms with van der Waals surface area (Å²) in [5.41, 5.74) is 6.89. The summed E-state index contributed by atoms with van der Waals surface area (Å²) in [6.45, 7) is 3.66. The van der Waals surface area contributed by atoms with Gasteiger partial charge in [-0.05, 0) is 37.0 Å². The van der Waals surface area contributed by atoms with Gasteiger partial charge < -0.3 is 5.73 Å². The summed E-state index contributed by atoms with van der Waals surface area (Å²) in [4.78, 5) is 0.328. The lowest BCUT2D eigenvalue weighted by Gasteiger charge is -2.12. The van der Waals surface area contributed by atoms with Crippen molar-refractivity contribution in [3.8, 4) is 0 Å². The third-order valence-corrected chi connectivity index (χ3v) is 3.75.